The summed E-state index contributed by atoms with van der Waals surface area (Å²) in [6.45, 7) is 0.749. The minimum absolute atomic E-state index is 0.201. The Morgan fingerprint density at radius 2 is 1.79 bits per heavy atom. The van der Waals surface area contributed by atoms with Crippen molar-refractivity contribution in [2.24, 2.45) is 0 Å². The number of thiazole rings is 1. The molecule has 1 aromatic heterocycles. The first-order valence-corrected chi connectivity index (χ1v) is 10.2. The maximum absolute atomic E-state index is 10.3. The smallest absolute Gasteiger partial charge is 0.170 e. The topological polar surface area (TPSA) is 57.2 Å². The average Bonchev–Trinajstić information content (AvgIpc) is 3.14. The molecule has 6 heteroatoms. The number of phenolic OH excluding ortho intramolecular Hbond substituents is 1. The summed E-state index contributed by atoms with van der Waals surface area (Å²) in [5, 5.41) is 18.0. The molecule has 1 heterocycles. The molecule has 0 unspecified atom stereocenters. The summed E-state index contributed by atoms with van der Waals surface area (Å²) in [4.78, 5) is 4.63. The van der Waals surface area contributed by atoms with Gasteiger partial charge in [-0.3, -0.25) is 0 Å². The number of phenols is 1. The van der Waals surface area contributed by atoms with Crippen LogP contribution in [-0.4, -0.2) is 21.7 Å². The minimum atomic E-state index is 0.201. The fourth-order valence-electron chi connectivity index (χ4n) is 2.91. The predicted molar refractivity (Wildman–Crippen MR) is 121 cm³/mol. The summed E-state index contributed by atoms with van der Waals surface area (Å²) in [6, 6.07) is 23.6. The van der Waals surface area contributed by atoms with Crippen molar-refractivity contribution in [3.05, 3.63) is 78.4 Å². The van der Waals surface area contributed by atoms with Crippen molar-refractivity contribution < 1.29 is 5.11 Å². The second-order valence-corrected chi connectivity index (χ2v) is 7.77. The molecule has 0 spiro atoms. The van der Waals surface area contributed by atoms with Crippen molar-refractivity contribution in [1.82, 2.24) is 10.3 Å². The Labute approximate surface area is 172 Å². The van der Waals surface area contributed by atoms with Crippen LogP contribution in [0.2, 0.25) is 0 Å². The number of fused-ring (bicyclic) bond motifs is 1. The lowest BCUT2D eigenvalue weighted by Crippen LogP contribution is -2.30. The molecular formula is C22H19N3OS2. The molecule has 3 N–H and O–H groups in total. The van der Waals surface area contributed by atoms with Crippen LogP contribution in [0.4, 0.5) is 5.69 Å². The van der Waals surface area contributed by atoms with Gasteiger partial charge in [-0.15, -0.1) is 11.3 Å². The van der Waals surface area contributed by atoms with Gasteiger partial charge in [-0.1, -0.05) is 42.5 Å². The second-order valence-electron chi connectivity index (χ2n) is 6.34. The zero-order valence-electron chi connectivity index (χ0n) is 15.1. The van der Waals surface area contributed by atoms with Gasteiger partial charge in [0.15, 0.2) is 5.11 Å². The monoisotopic (exact) mass is 405 g/mol. The lowest BCUT2D eigenvalue weighted by Gasteiger charge is -2.12. The van der Waals surface area contributed by atoms with E-state index in [9.17, 15) is 5.11 Å². The Morgan fingerprint density at radius 3 is 2.61 bits per heavy atom. The number of para-hydroxylation sites is 1. The van der Waals surface area contributed by atoms with Gasteiger partial charge >= 0.3 is 0 Å². The molecule has 0 radical (unpaired) electrons. The SMILES string of the molecule is Oc1ccc(NC(=S)NCCc2ccccc2)cc1-c1nc2ccccc2s1. The van der Waals surface area contributed by atoms with Crippen LogP contribution < -0.4 is 10.6 Å². The molecule has 0 saturated carbocycles. The van der Waals surface area contributed by atoms with Crippen molar-refractivity contribution in [3.8, 4) is 16.3 Å². The number of aromatic hydroxyl groups is 1. The summed E-state index contributed by atoms with van der Waals surface area (Å²) in [7, 11) is 0. The summed E-state index contributed by atoms with van der Waals surface area (Å²) in [5.41, 5.74) is 3.70. The molecule has 0 saturated heterocycles. The molecule has 4 nitrogen and oxygen atoms in total. The largest absolute Gasteiger partial charge is 0.507 e. The van der Waals surface area contributed by atoms with E-state index < -0.39 is 0 Å². The summed E-state index contributed by atoms with van der Waals surface area (Å²) in [6.07, 6.45) is 0.898. The third-order valence-electron chi connectivity index (χ3n) is 4.32. The number of hydrogen-bond acceptors (Lipinski definition) is 4. The van der Waals surface area contributed by atoms with Crippen LogP contribution in [-0.2, 0) is 6.42 Å². The molecule has 0 aliphatic carbocycles. The number of hydrogen-bond donors (Lipinski definition) is 3. The predicted octanol–water partition coefficient (Wildman–Crippen LogP) is 5.20. The van der Waals surface area contributed by atoms with E-state index in [1.807, 2.05) is 48.5 Å². The quantitative estimate of drug-likeness (QED) is 0.315. The molecular weight excluding hydrogens is 386 g/mol. The van der Waals surface area contributed by atoms with Crippen molar-refractivity contribution in [3.63, 3.8) is 0 Å². The van der Waals surface area contributed by atoms with E-state index in [2.05, 4.69) is 27.8 Å². The molecule has 0 atom stereocenters. The first kappa shape index (κ1) is 18.4. The number of rotatable bonds is 5. The highest BCUT2D eigenvalue weighted by Gasteiger charge is 2.11. The highest BCUT2D eigenvalue weighted by atomic mass is 32.1. The van der Waals surface area contributed by atoms with E-state index in [1.54, 1.807) is 23.5 Å². The summed E-state index contributed by atoms with van der Waals surface area (Å²) in [5.74, 6) is 0.201. The van der Waals surface area contributed by atoms with E-state index in [0.717, 1.165) is 33.9 Å². The standard InChI is InChI=1S/C22H19N3OS2/c26-19-11-10-16(24-22(27)23-13-12-15-6-2-1-3-7-15)14-17(19)21-25-18-8-4-5-9-20(18)28-21/h1-11,14,26H,12-13H2,(H2,23,24,27). The lowest BCUT2D eigenvalue weighted by molar-refractivity contribution is 0.477. The number of benzene rings is 3. The molecule has 0 fully saturated rings. The number of anilines is 1. The fraction of sp³-hybridized carbons (Fsp3) is 0.0909. The van der Waals surface area contributed by atoms with Gasteiger partial charge in [-0.2, -0.15) is 0 Å². The first-order chi connectivity index (χ1) is 13.7. The van der Waals surface area contributed by atoms with E-state index in [-0.39, 0.29) is 5.75 Å². The maximum Gasteiger partial charge on any atom is 0.170 e. The lowest BCUT2D eigenvalue weighted by atomic mass is 10.1. The minimum Gasteiger partial charge on any atom is -0.507 e. The molecule has 0 bridgehead atoms. The highest BCUT2D eigenvalue weighted by Crippen LogP contribution is 2.36. The van der Waals surface area contributed by atoms with Crippen LogP contribution in [0, 0.1) is 0 Å². The highest BCUT2D eigenvalue weighted by molar-refractivity contribution is 7.80. The molecule has 4 rings (SSSR count). The molecule has 140 valence electrons. The van der Waals surface area contributed by atoms with E-state index >= 15 is 0 Å². The Morgan fingerprint density at radius 1 is 1.00 bits per heavy atom. The van der Waals surface area contributed by atoms with Crippen molar-refractivity contribution in [1.29, 1.82) is 0 Å². The summed E-state index contributed by atoms with van der Waals surface area (Å²) < 4.78 is 1.09. The third-order valence-corrected chi connectivity index (χ3v) is 5.64. The van der Waals surface area contributed by atoms with Crippen LogP contribution >= 0.6 is 23.6 Å². The van der Waals surface area contributed by atoms with E-state index in [0.29, 0.717) is 10.7 Å². The van der Waals surface area contributed by atoms with Crippen LogP contribution in [0.1, 0.15) is 5.56 Å². The molecule has 0 aliphatic rings. The Hall–Kier alpha value is -2.96. The molecule has 0 amide bonds. The van der Waals surface area contributed by atoms with Gasteiger partial charge in [-0.05, 0) is 54.5 Å². The summed E-state index contributed by atoms with van der Waals surface area (Å²) >= 11 is 6.96. The van der Waals surface area contributed by atoms with Crippen molar-refractivity contribution in [2.75, 3.05) is 11.9 Å². The third kappa shape index (κ3) is 4.30. The van der Waals surface area contributed by atoms with E-state index in [1.165, 1.54) is 5.56 Å². The number of thiocarbonyl (C=S) groups is 1. The number of nitrogens with zero attached hydrogens (tertiary/aromatic N) is 1. The normalized spacial score (nSPS) is 10.7. The Balaban J connectivity index is 1.44. The van der Waals surface area contributed by atoms with Gasteiger partial charge < -0.3 is 15.7 Å². The maximum atomic E-state index is 10.3. The van der Waals surface area contributed by atoms with Gasteiger partial charge in [0.25, 0.3) is 0 Å². The van der Waals surface area contributed by atoms with Gasteiger partial charge in [0, 0.05) is 12.2 Å². The van der Waals surface area contributed by atoms with Crippen LogP contribution in [0.5, 0.6) is 5.75 Å². The van der Waals surface area contributed by atoms with Crippen molar-refractivity contribution >= 4 is 44.6 Å². The molecule has 4 aromatic rings. The molecule has 3 aromatic carbocycles. The Bertz CT molecular complexity index is 1080. The van der Waals surface area contributed by atoms with Crippen LogP contribution in [0.15, 0.2) is 72.8 Å². The zero-order chi connectivity index (χ0) is 19.3. The van der Waals surface area contributed by atoms with Gasteiger partial charge in [0.05, 0.1) is 15.8 Å². The molecule has 0 aliphatic heterocycles. The van der Waals surface area contributed by atoms with Crippen molar-refractivity contribution in [2.45, 2.75) is 6.42 Å². The van der Waals surface area contributed by atoms with Gasteiger partial charge in [-0.25, -0.2) is 4.98 Å². The fourth-order valence-corrected chi connectivity index (χ4v) is 4.12. The first-order valence-electron chi connectivity index (χ1n) is 8.97. The van der Waals surface area contributed by atoms with Gasteiger partial charge in [0.1, 0.15) is 10.8 Å². The number of aromatic nitrogens is 1. The number of nitrogens with one attached hydrogen (secondary N) is 2. The van der Waals surface area contributed by atoms with E-state index in [4.69, 9.17) is 12.2 Å². The Kier molecular flexibility index (Phi) is 5.50. The molecule has 28 heavy (non-hydrogen) atoms. The second kappa shape index (κ2) is 8.37. The average molecular weight is 406 g/mol. The van der Waals surface area contributed by atoms with Crippen LogP contribution in [0.3, 0.4) is 0 Å². The van der Waals surface area contributed by atoms with Crippen LogP contribution in [0.25, 0.3) is 20.8 Å². The van der Waals surface area contributed by atoms with Gasteiger partial charge in [0.2, 0.25) is 0 Å². The zero-order valence-corrected chi connectivity index (χ0v) is 16.7.